The Morgan fingerprint density at radius 3 is 2.40 bits per heavy atom. The highest BCUT2D eigenvalue weighted by molar-refractivity contribution is 7.92. The molecular weight excluding hydrogens is 222 g/mol. The van der Waals surface area contributed by atoms with Crippen molar-refractivity contribution in [3.05, 3.63) is 18.1 Å². The molecule has 7 nitrogen and oxygen atoms in total. The summed E-state index contributed by atoms with van der Waals surface area (Å²) in [4.78, 5) is 17.9. The van der Waals surface area contributed by atoms with E-state index in [0.29, 0.717) is 0 Å². The Morgan fingerprint density at radius 2 is 1.93 bits per heavy atom. The third-order valence-corrected chi connectivity index (χ3v) is 2.85. The molecule has 1 aromatic heterocycles. The maximum atomic E-state index is 11.2. The number of sulfonamides is 1. The van der Waals surface area contributed by atoms with Gasteiger partial charge in [-0.15, -0.1) is 0 Å². The first kappa shape index (κ1) is 11.4. The van der Waals surface area contributed by atoms with Crippen LogP contribution >= 0.6 is 0 Å². The highest BCUT2D eigenvalue weighted by atomic mass is 32.2. The third-order valence-electron chi connectivity index (χ3n) is 1.68. The Kier molecular flexibility index (Phi) is 2.89. The number of carboxylic acids is 1. The second kappa shape index (κ2) is 3.81. The number of nitrogens with zero attached hydrogens (tertiary/aromatic N) is 3. The number of hydrogen-bond acceptors (Lipinski definition) is 5. The average molecular weight is 231 g/mol. The number of aromatic nitrogens is 2. The minimum atomic E-state index is -3.54. The smallest absolute Gasteiger partial charge is 0.358 e. The molecule has 0 bridgehead atoms. The lowest BCUT2D eigenvalue weighted by atomic mass is 10.4. The molecule has 8 heteroatoms. The van der Waals surface area contributed by atoms with Crippen molar-refractivity contribution in [2.75, 3.05) is 17.6 Å². The zero-order valence-corrected chi connectivity index (χ0v) is 8.89. The number of carboxylic acid groups (broad SMARTS) is 1. The first-order valence-corrected chi connectivity index (χ1v) is 5.67. The van der Waals surface area contributed by atoms with Crippen LogP contribution in [0.2, 0.25) is 0 Å². The number of rotatable bonds is 3. The van der Waals surface area contributed by atoms with Crippen molar-refractivity contribution in [2.24, 2.45) is 0 Å². The normalized spacial score (nSPS) is 11.1. The molecule has 0 aromatic carbocycles. The highest BCUT2D eigenvalue weighted by Crippen LogP contribution is 2.15. The fourth-order valence-corrected chi connectivity index (χ4v) is 1.32. The standard InChI is InChI=1S/C7H9N3O4S/c1-10(15(2,13)14)6-5(7(11)12)8-3-4-9-6/h3-4H,1-2H3,(H,11,12). The third kappa shape index (κ3) is 2.40. The van der Waals surface area contributed by atoms with Gasteiger partial charge in [-0.3, -0.25) is 4.31 Å². The van der Waals surface area contributed by atoms with E-state index in [0.717, 1.165) is 10.6 Å². The van der Waals surface area contributed by atoms with Crippen LogP contribution in [0.3, 0.4) is 0 Å². The topological polar surface area (TPSA) is 100 Å². The first-order chi connectivity index (χ1) is 6.84. The summed E-state index contributed by atoms with van der Waals surface area (Å²) in [6.07, 6.45) is 3.36. The molecule has 0 spiro atoms. The summed E-state index contributed by atoms with van der Waals surface area (Å²) < 4.78 is 23.1. The summed E-state index contributed by atoms with van der Waals surface area (Å²) in [6.45, 7) is 0. The van der Waals surface area contributed by atoms with Gasteiger partial charge in [0.05, 0.1) is 6.26 Å². The number of anilines is 1. The maximum absolute atomic E-state index is 11.2. The zero-order valence-electron chi connectivity index (χ0n) is 8.08. The minimum absolute atomic E-state index is 0.201. The van der Waals surface area contributed by atoms with E-state index in [1.807, 2.05) is 0 Å². The number of hydrogen-bond donors (Lipinski definition) is 1. The van der Waals surface area contributed by atoms with E-state index in [1.165, 1.54) is 19.4 Å². The molecule has 1 aromatic rings. The van der Waals surface area contributed by atoms with Gasteiger partial charge >= 0.3 is 5.97 Å². The lowest BCUT2D eigenvalue weighted by Crippen LogP contribution is -2.28. The zero-order chi connectivity index (χ0) is 11.6. The fourth-order valence-electron chi connectivity index (χ4n) is 0.869. The molecule has 1 rings (SSSR count). The molecule has 0 amide bonds. The van der Waals surface area contributed by atoms with E-state index in [-0.39, 0.29) is 5.82 Å². The molecule has 0 atom stereocenters. The van der Waals surface area contributed by atoms with Crippen molar-refractivity contribution in [1.29, 1.82) is 0 Å². The number of carbonyl (C=O) groups is 1. The van der Waals surface area contributed by atoms with E-state index < -0.39 is 21.7 Å². The maximum Gasteiger partial charge on any atom is 0.358 e. The second-order valence-electron chi connectivity index (χ2n) is 2.76. The van der Waals surface area contributed by atoms with Gasteiger partial charge in [-0.2, -0.15) is 0 Å². The van der Waals surface area contributed by atoms with Crippen LogP contribution in [0, 0.1) is 0 Å². The van der Waals surface area contributed by atoms with Crippen molar-refractivity contribution in [3.63, 3.8) is 0 Å². The Hall–Kier alpha value is -1.70. The Morgan fingerprint density at radius 1 is 1.40 bits per heavy atom. The molecule has 1 heterocycles. The van der Waals surface area contributed by atoms with Gasteiger partial charge in [0, 0.05) is 19.4 Å². The van der Waals surface area contributed by atoms with Crippen LogP contribution in [0.5, 0.6) is 0 Å². The summed E-state index contributed by atoms with van der Waals surface area (Å²) in [5, 5.41) is 8.76. The van der Waals surface area contributed by atoms with Gasteiger partial charge in [0.1, 0.15) is 0 Å². The first-order valence-electron chi connectivity index (χ1n) is 3.82. The second-order valence-corrected chi connectivity index (χ2v) is 4.78. The molecule has 0 aliphatic heterocycles. The molecule has 1 N–H and O–H groups in total. The molecule has 0 unspecified atom stereocenters. The Bertz CT molecular complexity index is 485. The molecule has 15 heavy (non-hydrogen) atoms. The van der Waals surface area contributed by atoms with Gasteiger partial charge < -0.3 is 5.11 Å². The molecule has 0 aliphatic rings. The summed E-state index contributed by atoms with van der Waals surface area (Å²) in [5.41, 5.74) is -0.398. The van der Waals surface area contributed by atoms with Crippen molar-refractivity contribution in [2.45, 2.75) is 0 Å². The SMILES string of the molecule is CN(c1nccnc1C(=O)O)S(C)(=O)=O. The van der Waals surface area contributed by atoms with Crippen LogP contribution in [0.4, 0.5) is 5.82 Å². The Labute approximate surface area is 86.4 Å². The van der Waals surface area contributed by atoms with Crippen LogP contribution in [0.1, 0.15) is 10.5 Å². The summed E-state index contributed by atoms with van der Waals surface area (Å²) in [6, 6.07) is 0. The van der Waals surface area contributed by atoms with Crippen LogP contribution in [-0.2, 0) is 10.0 Å². The predicted molar refractivity (Wildman–Crippen MR) is 52.2 cm³/mol. The molecule has 0 saturated heterocycles. The molecular formula is C7H9N3O4S. The highest BCUT2D eigenvalue weighted by Gasteiger charge is 2.21. The van der Waals surface area contributed by atoms with Crippen molar-refractivity contribution in [3.8, 4) is 0 Å². The van der Waals surface area contributed by atoms with Crippen LogP contribution < -0.4 is 4.31 Å². The van der Waals surface area contributed by atoms with Crippen LogP contribution in [-0.4, -0.2) is 42.8 Å². The number of aromatic carboxylic acids is 1. The van der Waals surface area contributed by atoms with Gasteiger partial charge in [-0.25, -0.2) is 23.2 Å². The van der Waals surface area contributed by atoms with Gasteiger partial charge in [-0.1, -0.05) is 0 Å². The molecule has 82 valence electrons. The predicted octanol–water partition coefficient (Wildman–Crippen LogP) is -0.429. The van der Waals surface area contributed by atoms with Gasteiger partial charge in [0.25, 0.3) is 0 Å². The summed E-state index contributed by atoms with van der Waals surface area (Å²) in [7, 11) is -2.33. The van der Waals surface area contributed by atoms with E-state index >= 15 is 0 Å². The molecule has 0 fully saturated rings. The molecule has 0 aliphatic carbocycles. The lowest BCUT2D eigenvalue weighted by Gasteiger charge is -2.15. The molecule has 0 saturated carbocycles. The average Bonchev–Trinajstić information content (AvgIpc) is 2.15. The van der Waals surface area contributed by atoms with Crippen molar-refractivity contribution < 1.29 is 18.3 Å². The lowest BCUT2D eigenvalue weighted by molar-refractivity contribution is 0.0691. The fraction of sp³-hybridized carbons (Fsp3) is 0.286. The van der Waals surface area contributed by atoms with Gasteiger partial charge in [0.2, 0.25) is 10.0 Å². The molecule has 0 radical (unpaired) electrons. The van der Waals surface area contributed by atoms with E-state index in [9.17, 15) is 13.2 Å². The quantitative estimate of drug-likeness (QED) is 0.757. The van der Waals surface area contributed by atoms with E-state index in [1.54, 1.807) is 0 Å². The van der Waals surface area contributed by atoms with Gasteiger partial charge in [-0.05, 0) is 0 Å². The minimum Gasteiger partial charge on any atom is -0.476 e. The summed E-state index contributed by atoms with van der Waals surface area (Å²) in [5.74, 6) is -1.53. The van der Waals surface area contributed by atoms with Gasteiger partial charge in [0.15, 0.2) is 11.5 Å². The summed E-state index contributed by atoms with van der Waals surface area (Å²) >= 11 is 0. The van der Waals surface area contributed by atoms with E-state index in [4.69, 9.17) is 5.11 Å². The van der Waals surface area contributed by atoms with Crippen LogP contribution in [0.25, 0.3) is 0 Å². The van der Waals surface area contributed by atoms with Crippen LogP contribution in [0.15, 0.2) is 12.4 Å². The Balaban J connectivity index is 3.32. The monoisotopic (exact) mass is 231 g/mol. The van der Waals surface area contributed by atoms with E-state index in [2.05, 4.69) is 9.97 Å². The largest absolute Gasteiger partial charge is 0.476 e. The van der Waals surface area contributed by atoms with Crippen molar-refractivity contribution in [1.82, 2.24) is 9.97 Å². The van der Waals surface area contributed by atoms with Crippen molar-refractivity contribution >= 4 is 21.8 Å².